The molecule has 0 radical (unpaired) electrons. The highest BCUT2D eigenvalue weighted by Gasteiger charge is 2.14. The first-order valence-electron chi connectivity index (χ1n) is 9.55. The Bertz CT molecular complexity index is 821. The summed E-state index contributed by atoms with van der Waals surface area (Å²) in [5.41, 5.74) is 3.16. The molecule has 2 heterocycles. The highest BCUT2D eigenvalue weighted by Crippen LogP contribution is 2.32. The number of nitrogens with zero attached hydrogens (tertiary/aromatic N) is 1. The van der Waals surface area contributed by atoms with Crippen molar-refractivity contribution in [3.63, 3.8) is 0 Å². The summed E-state index contributed by atoms with van der Waals surface area (Å²) >= 11 is 0. The lowest BCUT2D eigenvalue weighted by Gasteiger charge is -2.27. The summed E-state index contributed by atoms with van der Waals surface area (Å²) < 4.78 is 16.1. The van der Waals surface area contributed by atoms with Gasteiger partial charge in [0.25, 0.3) is 0 Å². The van der Waals surface area contributed by atoms with Gasteiger partial charge in [0.2, 0.25) is 12.7 Å². The first-order valence-corrected chi connectivity index (χ1v) is 9.55. The molecule has 0 atom stereocenters. The highest BCUT2D eigenvalue weighted by atomic mass is 16.7. The van der Waals surface area contributed by atoms with Gasteiger partial charge < -0.3 is 24.8 Å². The number of amides is 1. The van der Waals surface area contributed by atoms with Crippen molar-refractivity contribution in [1.29, 1.82) is 0 Å². The standard InChI is InChI=1S/C21H25N3O4/c25-21(23-12-16-5-6-19-20(11-16)28-15-27-19)13-22-18-4-2-1-3-17(18)14-24-7-9-26-10-8-24/h1-6,11,22H,7-10,12-15H2,(H,23,25). The molecule has 2 aliphatic heterocycles. The van der Waals surface area contributed by atoms with Gasteiger partial charge in [-0.05, 0) is 29.3 Å². The Balaban J connectivity index is 1.27. The van der Waals surface area contributed by atoms with Crippen molar-refractivity contribution in [2.75, 3.05) is 45.0 Å². The van der Waals surface area contributed by atoms with Crippen LogP contribution in [0.3, 0.4) is 0 Å². The molecule has 1 fully saturated rings. The van der Waals surface area contributed by atoms with Crippen molar-refractivity contribution in [1.82, 2.24) is 10.2 Å². The molecule has 0 bridgehead atoms. The van der Waals surface area contributed by atoms with E-state index in [4.69, 9.17) is 14.2 Å². The number of fused-ring (bicyclic) bond motifs is 1. The van der Waals surface area contributed by atoms with Gasteiger partial charge in [0.15, 0.2) is 11.5 Å². The zero-order chi connectivity index (χ0) is 19.2. The maximum atomic E-state index is 12.3. The van der Waals surface area contributed by atoms with E-state index in [2.05, 4.69) is 21.6 Å². The van der Waals surface area contributed by atoms with Gasteiger partial charge in [-0.1, -0.05) is 24.3 Å². The summed E-state index contributed by atoms with van der Waals surface area (Å²) in [5, 5.41) is 6.20. The predicted octanol–water partition coefficient (Wildman–Crippen LogP) is 1.98. The second-order valence-electron chi connectivity index (χ2n) is 6.86. The van der Waals surface area contributed by atoms with Gasteiger partial charge in [-0.15, -0.1) is 0 Å². The molecule has 28 heavy (non-hydrogen) atoms. The molecule has 0 saturated carbocycles. The summed E-state index contributed by atoms with van der Waals surface area (Å²) in [5.74, 6) is 1.41. The number of anilines is 1. The average Bonchev–Trinajstić information content (AvgIpc) is 3.20. The van der Waals surface area contributed by atoms with Crippen LogP contribution in [0.5, 0.6) is 11.5 Å². The third kappa shape index (κ3) is 4.74. The minimum Gasteiger partial charge on any atom is -0.454 e. The van der Waals surface area contributed by atoms with Gasteiger partial charge in [0.1, 0.15) is 0 Å². The van der Waals surface area contributed by atoms with E-state index in [1.54, 1.807) is 0 Å². The Morgan fingerprint density at radius 3 is 2.75 bits per heavy atom. The Morgan fingerprint density at radius 1 is 1.04 bits per heavy atom. The molecule has 7 nitrogen and oxygen atoms in total. The molecule has 1 amide bonds. The number of hydrogen-bond acceptors (Lipinski definition) is 6. The van der Waals surface area contributed by atoms with Crippen LogP contribution < -0.4 is 20.1 Å². The smallest absolute Gasteiger partial charge is 0.239 e. The molecule has 0 aliphatic carbocycles. The van der Waals surface area contributed by atoms with Gasteiger partial charge in [0.05, 0.1) is 19.8 Å². The minimum absolute atomic E-state index is 0.0566. The molecule has 0 spiro atoms. The fraction of sp³-hybridized carbons (Fsp3) is 0.381. The van der Waals surface area contributed by atoms with Crippen LogP contribution in [-0.4, -0.2) is 50.4 Å². The lowest BCUT2D eigenvalue weighted by atomic mass is 10.1. The molecule has 2 aromatic carbocycles. The molecule has 1 saturated heterocycles. The van der Waals surface area contributed by atoms with E-state index in [1.807, 2.05) is 36.4 Å². The molecule has 2 N–H and O–H groups in total. The Labute approximate surface area is 164 Å². The molecule has 2 aliphatic rings. The lowest BCUT2D eigenvalue weighted by molar-refractivity contribution is -0.119. The second-order valence-corrected chi connectivity index (χ2v) is 6.86. The topological polar surface area (TPSA) is 72.1 Å². The van der Waals surface area contributed by atoms with Crippen molar-refractivity contribution in [2.45, 2.75) is 13.1 Å². The maximum Gasteiger partial charge on any atom is 0.239 e. The number of hydrogen-bond donors (Lipinski definition) is 2. The number of nitrogens with one attached hydrogen (secondary N) is 2. The van der Waals surface area contributed by atoms with Crippen LogP contribution in [-0.2, 0) is 22.6 Å². The molecule has 4 rings (SSSR count). The SMILES string of the molecule is O=C(CNc1ccccc1CN1CCOCC1)NCc1ccc2c(c1)OCO2. The third-order valence-electron chi connectivity index (χ3n) is 4.88. The van der Waals surface area contributed by atoms with E-state index in [0.717, 1.165) is 55.6 Å². The molecule has 2 aromatic rings. The zero-order valence-electron chi connectivity index (χ0n) is 15.8. The quantitative estimate of drug-likeness (QED) is 0.762. The second kappa shape index (κ2) is 8.95. The Hall–Kier alpha value is -2.77. The van der Waals surface area contributed by atoms with Crippen molar-refractivity contribution < 1.29 is 19.0 Å². The van der Waals surface area contributed by atoms with Crippen molar-refractivity contribution in [3.05, 3.63) is 53.6 Å². The van der Waals surface area contributed by atoms with Crippen LogP contribution in [0.25, 0.3) is 0 Å². The van der Waals surface area contributed by atoms with Crippen LogP contribution in [0, 0.1) is 0 Å². The van der Waals surface area contributed by atoms with Gasteiger partial charge >= 0.3 is 0 Å². The summed E-state index contributed by atoms with van der Waals surface area (Å²) in [6.45, 7) is 5.20. The van der Waals surface area contributed by atoms with E-state index in [1.165, 1.54) is 5.56 Å². The number of rotatable bonds is 7. The lowest BCUT2D eigenvalue weighted by Crippen LogP contribution is -2.36. The third-order valence-corrected chi connectivity index (χ3v) is 4.88. The van der Waals surface area contributed by atoms with E-state index in [0.29, 0.717) is 6.54 Å². The summed E-state index contributed by atoms with van der Waals surface area (Å²) in [4.78, 5) is 14.6. The van der Waals surface area contributed by atoms with E-state index < -0.39 is 0 Å². The highest BCUT2D eigenvalue weighted by molar-refractivity contribution is 5.81. The number of carbonyl (C=O) groups is 1. The van der Waals surface area contributed by atoms with Crippen molar-refractivity contribution in [2.24, 2.45) is 0 Å². The summed E-state index contributed by atoms with van der Waals surface area (Å²) in [6.07, 6.45) is 0. The maximum absolute atomic E-state index is 12.3. The number of morpholine rings is 1. The van der Waals surface area contributed by atoms with Gasteiger partial charge in [-0.25, -0.2) is 0 Å². The first-order chi connectivity index (χ1) is 13.8. The van der Waals surface area contributed by atoms with E-state index in [9.17, 15) is 4.79 Å². The average molecular weight is 383 g/mol. The fourth-order valence-electron chi connectivity index (χ4n) is 3.32. The van der Waals surface area contributed by atoms with Gasteiger partial charge in [-0.3, -0.25) is 9.69 Å². The first kappa shape index (κ1) is 18.6. The number of para-hydroxylation sites is 1. The molecular formula is C21H25N3O4. The van der Waals surface area contributed by atoms with Crippen molar-refractivity contribution >= 4 is 11.6 Å². The molecule has 0 aromatic heterocycles. The summed E-state index contributed by atoms with van der Waals surface area (Å²) in [6, 6.07) is 13.8. The molecule has 7 heteroatoms. The van der Waals surface area contributed by atoms with Crippen molar-refractivity contribution in [3.8, 4) is 11.5 Å². The predicted molar refractivity (Wildman–Crippen MR) is 105 cm³/mol. The number of carbonyl (C=O) groups excluding carboxylic acids is 1. The number of benzene rings is 2. The number of ether oxygens (including phenoxy) is 3. The van der Waals surface area contributed by atoms with Gasteiger partial charge in [-0.2, -0.15) is 0 Å². The van der Waals surface area contributed by atoms with Crippen LogP contribution in [0.4, 0.5) is 5.69 Å². The van der Waals surface area contributed by atoms with Crippen LogP contribution >= 0.6 is 0 Å². The summed E-state index contributed by atoms with van der Waals surface area (Å²) in [7, 11) is 0. The largest absolute Gasteiger partial charge is 0.454 e. The van der Waals surface area contributed by atoms with E-state index >= 15 is 0 Å². The van der Waals surface area contributed by atoms with Crippen LogP contribution in [0.15, 0.2) is 42.5 Å². The Morgan fingerprint density at radius 2 is 1.86 bits per heavy atom. The minimum atomic E-state index is -0.0566. The molecule has 0 unspecified atom stereocenters. The van der Waals surface area contributed by atoms with Gasteiger partial charge in [0, 0.05) is 31.9 Å². The monoisotopic (exact) mass is 383 g/mol. The fourth-order valence-corrected chi connectivity index (χ4v) is 3.32. The molecule has 148 valence electrons. The van der Waals surface area contributed by atoms with E-state index in [-0.39, 0.29) is 19.2 Å². The zero-order valence-corrected chi connectivity index (χ0v) is 15.8. The van der Waals surface area contributed by atoms with Crippen LogP contribution in [0.2, 0.25) is 0 Å². The Kier molecular flexibility index (Phi) is 5.94. The normalized spacial score (nSPS) is 16.0. The van der Waals surface area contributed by atoms with Crippen LogP contribution in [0.1, 0.15) is 11.1 Å². The molecular weight excluding hydrogens is 358 g/mol.